The van der Waals surface area contributed by atoms with Crippen LogP contribution in [0.3, 0.4) is 0 Å². The predicted molar refractivity (Wildman–Crippen MR) is 106 cm³/mol. The van der Waals surface area contributed by atoms with Crippen molar-refractivity contribution >= 4 is 5.96 Å². The summed E-state index contributed by atoms with van der Waals surface area (Å²) in [4.78, 5) is 7.25. The maximum absolute atomic E-state index is 5.39. The number of ether oxygens (including phenoxy) is 1. The van der Waals surface area contributed by atoms with Crippen LogP contribution in [-0.2, 0) is 4.74 Å². The molecule has 2 N–H and O–H groups in total. The minimum Gasteiger partial charge on any atom is -0.379 e. The Bertz CT molecular complexity index is 369. The van der Waals surface area contributed by atoms with Gasteiger partial charge in [0, 0.05) is 32.7 Å². The Labute approximate surface area is 155 Å². The van der Waals surface area contributed by atoms with E-state index in [1.807, 2.05) is 0 Å². The first-order valence-corrected chi connectivity index (χ1v) is 10.6. The highest BCUT2D eigenvalue weighted by Crippen LogP contribution is 2.30. The van der Waals surface area contributed by atoms with Crippen LogP contribution in [0.25, 0.3) is 0 Å². The smallest absolute Gasteiger partial charge is 0.191 e. The van der Waals surface area contributed by atoms with Gasteiger partial charge in [0.15, 0.2) is 5.96 Å². The fraction of sp³-hybridized carbons (Fsp3) is 0.950. The molecule has 0 amide bonds. The van der Waals surface area contributed by atoms with Crippen LogP contribution < -0.4 is 10.6 Å². The third kappa shape index (κ3) is 8.91. The molecule has 1 saturated heterocycles. The molecule has 0 bridgehead atoms. The Kier molecular flexibility index (Phi) is 10.3. The molecule has 1 aliphatic heterocycles. The Hall–Kier alpha value is -0.810. The van der Waals surface area contributed by atoms with E-state index in [4.69, 9.17) is 9.73 Å². The molecule has 0 aromatic heterocycles. The molecular weight excluding hydrogens is 312 g/mol. The number of hydrogen-bond donors (Lipinski definition) is 2. The first-order valence-electron chi connectivity index (χ1n) is 10.6. The van der Waals surface area contributed by atoms with Crippen LogP contribution in [0.1, 0.15) is 58.8 Å². The van der Waals surface area contributed by atoms with Crippen LogP contribution in [0.2, 0.25) is 0 Å². The molecule has 0 aromatic carbocycles. The number of hydrogen-bond acceptors (Lipinski definition) is 3. The van der Waals surface area contributed by atoms with Crippen LogP contribution >= 0.6 is 0 Å². The number of nitrogens with one attached hydrogen (secondary N) is 2. The second kappa shape index (κ2) is 12.5. The molecule has 0 aromatic rings. The lowest BCUT2D eigenvalue weighted by Crippen LogP contribution is -2.38. The molecule has 2 fully saturated rings. The summed E-state index contributed by atoms with van der Waals surface area (Å²) in [7, 11) is 0. The number of unbranched alkanes of at least 4 members (excludes halogenated alkanes) is 1. The summed E-state index contributed by atoms with van der Waals surface area (Å²) in [6.07, 6.45) is 9.35. The summed E-state index contributed by atoms with van der Waals surface area (Å²) < 4.78 is 5.39. The maximum Gasteiger partial charge on any atom is 0.191 e. The van der Waals surface area contributed by atoms with Crippen LogP contribution in [-0.4, -0.2) is 63.3 Å². The fourth-order valence-corrected chi connectivity index (χ4v) is 4.02. The first-order chi connectivity index (χ1) is 12.3. The summed E-state index contributed by atoms with van der Waals surface area (Å²) in [5.74, 6) is 2.83. The monoisotopic (exact) mass is 352 g/mol. The number of rotatable bonds is 9. The van der Waals surface area contributed by atoms with E-state index in [0.29, 0.717) is 0 Å². The molecule has 5 nitrogen and oxygen atoms in total. The molecule has 0 radical (unpaired) electrons. The van der Waals surface area contributed by atoms with Crippen molar-refractivity contribution in [3.63, 3.8) is 0 Å². The zero-order valence-corrected chi connectivity index (χ0v) is 16.6. The Morgan fingerprint density at radius 3 is 2.76 bits per heavy atom. The summed E-state index contributed by atoms with van der Waals surface area (Å²) in [5, 5.41) is 6.92. The Morgan fingerprint density at radius 2 is 2.00 bits per heavy atom. The second-order valence-electron chi connectivity index (χ2n) is 7.78. The molecule has 146 valence electrons. The van der Waals surface area contributed by atoms with Gasteiger partial charge < -0.3 is 15.4 Å². The normalized spacial score (nSPS) is 25.8. The van der Waals surface area contributed by atoms with Gasteiger partial charge in [0.2, 0.25) is 0 Å². The van der Waals surface area contributed by atoms with E-state index in [9.17, 15) is 0 Å². The van der Waals surface area contributed by atoms with Gasteiger partial charge in [-0.2, -0.15) is 0 Å². The molecular formula is C20H40N4O. The van der Waals surface area contributed by atoms with Crippen molar-refractivity contribution in [3.05, 3.63) is 0 Å². The largest absolute Gasteiger partial charge is 0.379 e. The molecule has 0 spiro atoms. The van der Waals surface area contributed by atoms with E-state index in [-0.39, 0.29) is 0 Å². The maximum atomic E-state index is 5.39. The predicted octanol–water partition coefficient (Wildman–Crippen LogP) is 2.87. The van der Waals surface area contributed by atoms with Crippen LogP contribution in [0.4, 0.5) is 0 Å². The molecule has 2 rings (SSSR count). The van der Waals surface area contributed by atoms with Gasteiger partial charge in [0.25, 0.3) is 0 Å². The molecule has 5 heteroatoms. The van der Waals surface area contributed by atoms with E-state index < -0.39 is 0 Å². The van der Waals surface area contributed by atoms with Gasteiger partial charge in [0.05, 0.1) is 13.2 Å². The van der Waals surface area contributed by atoms with Crippen LogP contribution in [0.15, 0.2) is 4.99 Å². The van der Waals surface area contributed by atoms with E-state index in [1.54, 1.807) is 0 Å². The lowest BCUT2D eigenvalue weighted by molar-refractivity contribution is 0.0373. The van der Waals surface area contributed by atoms with E-state index in [2.05, 4.69) is 29.4 Å². The third-order valence-corrected chi connectivity index (χ3v) is 5.49. The third-order valence-electron chi connectivity index (χ3n) is 5.49. The SMILES string of the molecule is CCNC(=NCCCCN1CCOCC1)NCCC1CCCC(C)C1. The average molecular weight is 353 g/mol. The topological polar surface area (TPSA) is 48.9 Å². The van der Waals surface area contributed by atoms with Gasteiger partial charge in [-0.25, -0.2) is 0 Å². The van der Waals surface area contributed by atoms with Crippen LogP contribution in [0.5, 0.6) is 0 Å². The summed E-state index contributed by atoms with van der Waals surface area (Å²) in [6.45, 7) is 12.6. The molecule has 2 unspecified atom stereocenters. The number of morpholine rings is 1. The molecule has 2 aliphatic rings. The lowest BCUT2D eigenvalue weighted by atomic mass is 9.81. The van der Waals surface area contributed by atoms with Gasteiger partial charge in [-0.1, -0.05) is 26.2 Å². The molecule has 2 atom stereocenters. The zero-order valence-electron chi connectivity index (χ0n) is 16.6. The summed E-state index contributed by atoms with van der Waals surface area (Å²) in [5.41, 5.74) is 0. The molecule has 1 aliphatic carbocycles. The highest BCUT2D eigenvalue weighted by Gasteiger charge is 2.18. The van der Waals surface area contributed by atoms with Crippen molar-refractivity contribution in [1.29, 1.82) is 0 Å². The zero-order chi connectivity index (χ0) is 17.7. The standard InChI is InChI=1S/C20H40N4O/c1-3-21-20(23-11-9-19-8-6-7-18(2)17-19)22-10-4-5-12-24-13-15-25-16-14-24/h18-19H,3-17H2,1-2H3,(H2,21,22,23). The summed E-state index contributed by atoms with van der Waals surface area (Å²) in [6, 6.07) is 0. The fourth-order valence-electron chi connectivity index (χ4n) is 4.02. The molecule has 1 heterocycles. The van der Waals surface area contributed by atoms with Crippen molar-refractivity contribution in [1.82, 2.24) is 15.5 Å². The van der Waals surface area contributed by atoms with Gasteiger partial charge in [-0.3, -0.25) is 9.89 Å². The average Bonchev–Trinajstić information content (AvgIpc) is 2.62. The van der Waals surface area contributed by atoms with Gasteiger partial charge in [0.1, 0.15) is 0 Å². The van der Waals surface area contributed by atoms with Crippen molar-refractivity contribution in [2.24, 2.45) is 16.8 Å². The lowest BCUT2D eigenvalue weighted by Gasteiger charge is -2.27. The molecule has 25 heavy (non-hydrogen) atoms. The van der Waals surface area contributed by atoms with Gasteiger partial charge in [-0.15, -0.1) is 0 Å². The van der Waals surface area contributed by atoms with Crippen molar-refractivity contribution in [3.8, 4) is 0 Å². The minimum absolute atomic E-state index is 0.895. The van der Waals surface area contributed by atoms with E-state index in [1.165, 1.54) is 45.1 Å². The van der Waals surface area contributed by atoms with Crippen molar-refractivity contribution in [2.45, 2.75) is 58.8 Å². The van der Waals surface area contributed by atoms with Crippen molar-refractivity contribution < 1.29 is 4.74 Å². The Morgan fingerprint density at radius 1 is 1.16 bits per heavy atom. The summed E-state index contributed by atoms with van der Waals surface area (Å²) >= 11 is 0. The minimum atomic E-state index is 0.895. The number of aliphatic imine (C=N–C) groups is 1. The first kappa shape index (κ1) is 20.5. The van der Waals surface area contributed by atoms with E-state index >= 15 is 0 Å². The highest BCUT2D eigenvalue weighted by molar-refractivity contribution is 5.79. The Balaban J connectivity index is 1.57. The van der Waals surface area contributed by atoms with Gasteiger partial charge >= 0.3 is 0 Å². The van der Waals surface area contributed by atoms with Crippen LogP contribution in [0, 0.1) is 11.8 Å². The second-order valence-corrected chi connectivity index (χ2v) is 7.78. The number of guanidine groups is 1. The number of nitrogens with zero attached hydrogens (tertiary/aromatic N) is 2. The van der Waals surface area contributed by atoms with E-state index in [0.717, 1.165) is 70.2 Å². The quantitative estimate of drug-likeness (QED) is 0.381. The molecule has 1 saturated carbocycles. The highest BCUT2D eigenvalue weighted by atomic mass is 16.5. The van der Waals surface area contributed by atoms with Crippen molar-refractivity contribution in [2.75, 3.05) is 52.5 Å². The van der Waals surface area contributed by atoms with Gasteiger partial charge in [-0.05, 0) is 51.0 Å².